The first-order valence-corrected chi connectivity index (χ1v) is 7.77. The zero-order chi connectivity index (χ0) is 16.9. The quantitative estimate of drug-likeness (QED) is 0.874. The van der Waals surface area contributed by atoms with Crippen molar-refractivity contribution in [1.82, 2.24) is 0 Å². The lowest BCUT2D eigenvalue weighted by atomic mass is 10.2. The largest absolute Gasteiger partial charge is 0.323 e. The summed E-state index contributed by atoms with van der Waals surface area (Å²) >= 11 is 0. The maximum atomic E-state index is 13.1. The molecule has 3 rings (SSSR count). The minimum absolute atomic E-state index is 0.129. The van der Waals surface area contributed by atoms with Crippen LogP contribution in [0.4, 0.5) is 15.8 Å². The summed E-state index contributed by atoms with van der Waals surface area (Å²) in [5, 5.41) is 2.73. The molecule has 0 spiro atoms. The normalized spacial score (nSPS) is 14.4. The van der Waals surface area contributed by atoms with Crippen LogP contribution in [0, 0.1) is 5.82 Å². The summed E-state index contributed by atoms with van der Waals surface area (Å²) in [6, 6.07) is 13.2. The molecule has 0 radical (unpaired) electrons. The highest BCUT2D eigenvalue weighted by Crippen LogP contribution is 2.23. The van der Waals surface area contributed by atoms with Gasteiger partial charge in [-0.2, -0.15) is 0 Å². The number of carbonyl (C=O) groups is 2. The van der Waals surface area contributed by atoms with Gasteiger partial charge in [-0.3, -0.25) is 9.59 Å². The fourth-order valence-corrected chi connectivity index (χ4v) is 2.61. The SMILES string of the molecule is O=C(/C=C/c1cccc(F)c1)Nc1ccc(N2CCCC2=O)cc1. The Morgan fingerprint density at radius 3 is 2.62 bits per heavy atom. The maximum absolute atomic E-state index is 13.1. The van der Waals surface area contributed by atoms with Gasteiger partial charge in [-0.05, 0) is 54.5 Å². The van der Waals surface area contributed by atoms with E-state index in [9.17, 15) is 14.0 Å². The van der Waals surface area contributed by atoms with Crippen molar-refractivity contribution in [3.8, 4) is 0 Å². The van der Waals surface area contributed by atoms with Crippen molar-refractivity contribution in [3.63, 3.8) is 0 Å². The van der Waals surface area contributed by atoms with Crippen LogP contribution in [0.5, 0.6) is 0 Å². The van der Waals surface area contributed by atoms with Crippen molar-refractivity contribution in [2.24, 2.45) is 0 Å². The van der Waals surface area contributed by atoms with E-state index in [0.29, 0.717) is 17.7 Å². The molecule has 0 saturated carbocycles. The van der Waals surface area contributed by atoms with Crippen LogP contribution in [0.1, 0.15) is 18.4 Å². The number of rotatable bonds is 4. The van der Waals surface area contributed by atoms with Crippen LogP contribution in [-0.2, 0) is 9.59 Å². The number of carbonyl (C=O) groups excluding carboxylic acids is 2. The third kappa shape index (κ3) is 3.87. The monoisotopic (exact) mass is 324 g/mol. The van der Waals surface area contributed by atoms with E-state index in [1.807, 2.05) is 12.1 Å². The van der Waals surface area contributed by atoms with Crippen LogP contribution < -0.4 is 10.2 Å². The average Bonchev–Trinajstić information content (AvgIpc) is 3.00. The average molecular weight is 324 g/mol. The summed E-state index contributed by atoms with van der Waals surface area (Å²) in [6.45, 7) is 0.737. The molecule has 0 atom stereocenters. The van der Waals surface area contributed by atoms with Crippen molar-refractivity contribution < 1.29 is 14.0 Å². The number of nitrogens with zero attached hydrogens (tertiary/aromatic N) is 1. The van der Waals surface area contributed by atoms with Gasteiger partial charge in [-0.1, -0.05) is 12.1 Å². The molecular weight excluding hydrogens is 307 g/mol. The standard InChI is InChI=1S/C19H17FN2O2/c20-15-4-1-3-14(13-15)6-11-18(23)21-16-7-9-17(10-8-16)22-12-2-5-19(22)24/h1,3-4,6-11,13H,2,5,12H2,(H,21,23)/b11-6+. The molecule has 0 unspecified atom stereocenters. The lowest BCUT2D eigenvalue weighted by Crippen LogP contribution is -2.23. The molecule has 1 heterocycles. The maximum Gasteiger partial charge on any atom is 0.248 e. The fraction of sp³-hybridized carbons (Fsp3) is 0.158. The first kappa shape index (κ1) is 15.9. The molecule has 0 aromatic heterocycles. The van der Waals surface area contributed by atoms with Crippen molar-refractivity contribution in [1.29, 1.82) is 0 Å². The second-order valence-corrected chi connectivity index (χ2v) is 5.57. The number of hydrogen-bond acceptors (Lipinski definition) is 2. The molecule has 24 heavy (non-hydrogen) atoms. The summed E-state index contributed by atoms with van der Waals surface area (Å²) in [5.41, 5.74) is 2.10. The molecule has 1 N–H and O–H groups in total. The van der Waals surface area contributed by atoms with Crippen LogP contribution in [0.3, 0.4) is 0 Å². The smallest absolute Gasteiger partial charge is 0.248 e. The van der Waals surface area contributed by atoms with Gasteiger partial charge in [0.1, 0.15) is 5.82 Å². The van der Waals surface area contributed by atoms with Gasteiger partial charge < -0.3 is 10.2 Å². The number of amides is 2. The lowest BCUT2D eigenvalue weighted by Gasteiger charge is -2.15. The Balaban J connectivity index is 1.61. The summed E-state index contributed by atoms with van der Waals surface area (Å²) in [4.78, 5) is 25.4. The van der Waals surface area contributed by atoms with E-state index < -0.39 is 0 Å². The summed E-state index contributed by atoms with van der Waals surface area (Å²) in [6.07, 6.45) is 4.37. The minimum Gasteiger partial charge on any atom is -0.323 e. The van der Waals surface area contributed by atoms with E-state index in [1.165, 1.54) is 18.2 Å². The number of halogens is 1. The summed E-state index contributed by atoms with van der Waals surface area (Å²) < 4.78 is 13.1. The minimum atomic E-state index is -0.343. The third-order valence-electron chi connectivity index (χ3n) is 3.80. The van der Waals surface area contributed by atoms with Gasteiger partial charge >= 0.3 is 0 Å². The lowest BCUT2D eigenvalue weighted by molar-refractivity contribution is -0.117. The van der Waals surface area contributed by atoms with E-state index in [-0.39, 0.29) is 17.6 Å². The molecule has 122 valence electrons. The van der Waals surface area contributed by atoms with E-state index in [1.54, 1.807) is 35.2 Å². The number of nitrogens with one attached hydrogen (secondary N) is 1. The highest BCUT2D eigenvalue weighted by molar-refractivity contribution is 6.02. The Morgan fingerprint density at radius 2 is 1.96 bits per heavy atom. The molecule has 0 aliphatic carbocycles. The van der Waals surface area contributed by atoms with Gasteiger partial charge in [-0.15, -0.1) is 0 Å². The Hall–Kier alpha value is -2.95. The molecule has 4 nitrogen and oxygen atoms in total. The molecule has 1 saturated heterocycles. The van der Waals surface area contributed by atoms with Crippen LogP contribution in [0.25, 0.3) is 6.08 Å². The molecule has 2 aromatic carbocycles. The van der Waals surface area contributed by atoms with Crippen LogP contribution in [0.15, 0.2) is 54.6 Å². The molecule has 2 aromatic rings. The highest BCUT2D eigenvalue weighted by Gasteiger charge is 2.21. The van der Waals surface area contributed by atoms with E-state index in [4.69, 9.17) is 0 Å². The van der Waals surface area contributed by atoms with Crippen LogP contribution in [-0.4, -0.2) is 18.4 Å². The zero-order valence-electron chi connectivity index (χ0n) is 13.0. The Labute approximate surface area is 139 Å². The topological polar surface area (TPSA) is 49.4 Å². The third-order valence-corrected chi connectivity index (χ3v) is 3.80. The van der Waals surface area contributed by atoms with Gasteiger partial charge in [0.2, 0.25) is 11.8 Å². The number of anilines is 2. The first-order valence-electron chi connectivity index (χ1n) is 7.77. The van der Waals surface area contributed by atoms with Crippen molar-refractivity contribution in [2.75, 3.05) is 16.8 Å². The fourth-order valence-electron chi connectivity index (χ4n) is 2.61. The molecule has 2 amide bonds. The second kappa shape index (κ2) is 7.08. The first-order chi connectivity index (χ1) is 11.6. The van der Waals surface area contributed by atoms with E-state index >= 15 is 0 Å². The number of benzene rings is 2. The molecular formula is C19H17FN2O2. The van der Waals surface area contributed by atoms with Gasteiger partial charge in [0.15, 0.2) is 0 Å². The van der Waals surface area contributed by atoms with Crippen LogP contribution in [0.2, 0.25) is 0 Å². The highest BCUT2D eigenvalue weighted by atomic mass is 19.1. The second-order valence-electron chi connectivity index (χ2n) is 5.57. The van der Waals surface area contributed by atoms with Crippen molar-refractivity contribution in [3.05, 3.63) is 66.0 Å². The van der Waals surface area contributed by atoms with Crippen molar-refractivity contribution in [2.45, 2.75) is 12.8 Å². The Morgan fingerprint density at radius 1 is 1.17 bits per heavy atom. The van der Waals surface area contributed by atoms with E-state index in [0.717, 1.165) is 18.7 Å². The van der Waals surface area contributed by atoms with Crippen molar-refractivity contribution >= 4 is 29.3 Å². The molecule has 1 fully saturated rings. The van der Waals surface area contributed by atoms with Gasteiger partial charge in [0.05, 0.1) is 0 Å². The molecule has 5 heteroatoms. The molecule has 0 bridgehead atoms. The molecule has 1 aliphatic heterocycles. The zero-order valence-corrected chi connectivity index (χ0v) is 13.0. The predicted molar refractivity (Wildman–Crippen MR) is 92.1 cm³/mol. The molecule has 1 aliphatic rings. The Bertz CT molecular complexity index is 784. The van der Waals surface area contributed by atoms with Gasteiger partial charge in [0, 0.05) is 30.4 Å². The summed E-state index contributed by atoms with van der Waals surface area (Å²) in [7, 11) is 0. The number of hydrogen-bond donors (Lipinski definition) is 1. The van der Waals surface area contributed by atoms with E-state index in [2.05, 4.69) is 5.32 Å². The summed E-state index contributed by atoms with van der Waals surface area (Å²) in [5.74, 6) is -0.515. The van der Waals surface area contributed by atoms with Gasteiger partial charge in [-0.25, -0.2) is 4.39 Å². The van der Waals surface area contributed by atoms with Gasteiger partial charge in [0.25, 0.3) is 0 Å². The predicted octanol–water partition coefficient (Wildman–Crippen LogP) is 3.60. The van der Waals surface area contributed by atoms with Crippen LogP contribution >= 0.6 is 0 Å². The Kier molecular flexibility index (Phi) is 4.70.